The second-order valence-corrected chi connectivity index (χ2v) is 7.88. The molecule has 2 heterocycles. The molecule has 2 aromatic carbocycles. The highest BCUT2D eigenvalue weighted by Crippen LogP contribution is 2.46. The van der Waals surface area contributed by atoms with Crippen molar-refractivity contribution >= 4 is 28.9 Å². The maximum atomic E-state index is 13.9. The van der Waals surface area contributed by atoms with E-state index in [1.54, 1.807) is 26.2 Å². The lowest BCUT2D eigenvalue weighted by atomic mass is 9.88. The highest BCUT2D eigenvalue weighted by molar-refractivity contribution is 6.08. The van der Waals surface area contributed by atoms with Gasteiger partial charge in [0.05, 0.1) is 58.2 Å². The summed E-state index contributed by atoms with van der Waals surface area (Å²) in [4.78, 5) is 33.4. The number of hydrogen-bond donors (Lipinski definition) is 0. The Bertz CT molecular complexity index is 1240. The monoisotopic (exact) mass is 483 g/mol. The Labute approximate surface area is 203 Å². The molecule has 1 aromatic heterocycles. The number of hydrogen-bond acceptors (Lipinski definition) is 8. The zero-order valence-corrected chi connectivity index (χ0v) is 20.4. The second-order valence-electron chi connectivity index (χ2n) is 7.88. The SMILES string of the molecule is CCOC(=O)C1C(=O)N(CCOC)c2nc3ccccc3n2C1c1cc(OC)c(OC)cc1OC. The molecule has 0 spiro atoms. The normalized spacial score (nSPS) is 17.3. The Morgan fingerprint density at radius 3 is 2.34 bits per heavy atom. The molecule has 2 unspecified atom stereocenters. The van der Waals surface area contributed by atoms with E-state index in [4.69, 9.17) is 28.7 Å². The largest absolute Gasteiger partial charge is 0.496 e. The number of carbonyl (C=O) groups excluding carboxylic acids is 2. The molecule has 1 aliphatic rings. The number of ether oxygens (including phenoxy) is 5. The molecule has 0 saturated heterocycles. The summed E-state index contributed by atoms with van der Waals surface area (Å²) in [5, 5.41) is 0. The Hall–Kier alpha value is -3.79. The van der Waals surface area contributed by atoms with Gasteiger partial charge in [-0.2, -0.15) is 0 Å². The number of rotatable bonds is 9. The van der Waals surface area contributed by atoms with Crippen molar-refractivity contribution in [3.05, 3.63) is 42.0 Å². The molecular weight excluding hydrogens is 454 g/mol. The number of aromatic nitrogens is 2. The van der Waals surface area contributed by atoms with Gasteiger partial charge in [0.2, 0.25) is 11.9 Å². The van der Waals surface area contributed by atoms with Crippen LogP contribution < -0.4 is 19.1 Å². The van der Waals surface area contributed by atoms with Gasteiger partial charge in [0.1, 0.15) is 5.75 Å². The van der Waals surface area contributed by atoms with Gasteiger partial charge in [0.15, 0.2) is 17.4 Å². The van der Waals surface area contributed by atoms with Crippen LogP contribution in [-0.2, 0) is 19.1 Å². The van der Waals surface area contributed by atoms with Crippen LogP contribution in [0.5, 0.6) is 17.2 Å². The molecule has 0 N–H and O–H groups in total. The number of imidazole rings is 1. The molecule has 1 aliphatic heterocycles. The number of nitrogens with zero attached hydrogens (tertiary/aromatic N) is 3. The molecule has 0 bridgehead atoms. The van der Waals surface area contributed by atoms with Crippen LogP contribution in [0.1, 0.15) is 18.5 Å². The van der Waals surface area contributed by atoms with Crippen LogP contribution in [0.3, 0.4) is 0 Å². The molecule has 10 heteroatoms. The van der Waals surface area contributed by atoms with Gasteiger partial charge in [0, 0.05) is 18.7 Å². The zero-order chi connectivity index (χ0) is 25.1. The molecule has 1 amide bonds. The number of para-hydroxylation sites is 2. The summed E-state index contributed by atoms with van der Waals surface area (Å²) in [5.41, 5.74) is 2.01. The van der Waals surface area contributed by atoms with E-state index in [0.717, 1.165) is 5.52 Å². The van der Waals surface area contributed by atoms with Crippen molar-refractivity contribution < 1.29 is 33.3 Å². The minimum Gasteiger partial charge on any atom is -0.496 e. The number of benzene rings is 2. The maximum absolute atomic E-state index is 13.9. The zero-order valence-electron chi connectivity index (χ0n) is 20.4. The van der Waals surface area contributed by atoms with E-state index in [0.29, 0.717) is 34.3 Å². The Kier molecular flexibility index (Phi) is 7.11. The average molecular weight is 484 g/mol. The van der Waals surface area contributed by atoms with E-state index in [-0.39, 0.29) is 19.8 Å². The summed E-state index contributed by atoms with van der Waals surface area (Å²) in [5.74, 6) is -0.509. The van der Waals surface area contributed by atoms with Crippen molar-refractivity contribution in [3.8, 4) is 17.2 Å². The Morgan fingerprint density at radius 2 is 1.69 bits per heavy atom. The standard InChI is InChI=1S/C25H29N3O7/c1-6-35-24(30)21-22(15-13-19(33-4)20(34-5)14-18(15)32-3)28-17-10-8-7-9-16(17)26-25(28)27(23(21)29)11-12-31-2/h7-10,13-14,21-22H,6,11-12H2,1-5H3. The predicted molar refractivity (Wildman–Crippen MR) is 128 cm³/mol. The smallest absolute Gasteiger partial charge is 0.321 e. The van der Waals surface area contributed by atoms with Gasteiger partial charge in [-0.15, -0.1) is 0 Å². The first kappa shape index (κ1) is 24.3. The summed E-state index contributed by atoms with van der Waals surface area (Å²) < 4.78 is 29.2. The molecule has 35 heavy (non-hydrogen) atoms. The second kappa shape index (κ2) is 10.2. The van der Waals surface area contributed by atoms with Gasteiger partial charge < -0.3 is 28.3 Å². The van der Waals surface area contributed by atoms with Crippen molar-refractivity contribution in [1.29, 1.82) is 0 Å². The van der Waals surface area contributed by atoms with Crippen LogP contribution in [-0.4, -0.2) is 69.6 Å². The van der Waals surface area contributed by atoms with E-state index in [2.05, 4.69) is 0 Å². The van der Waals surface area contributed by atoms with Crippen molar-refractivity contribution in [2.75, 3.05) is 53.1 Å². The molecule has 0 saturated carbocycles. The van der Waals surface area contributed by atoms with Crippen LogP contribution in [0.2, 0.25) is 0 Å². The lowest BCUT2D eigenvalue weighted by molar-refractivity contribution is -0.153. The first-order valence-electron chi connectivity index (χ1n) is 11.2. The average Bonchev–Trinajstić information content (AvgIpc) is 3.26. The first-order valence-corrected chi connectivity index (χ1v) is 11.2. The van der Waals surface area contributed by atoms with Crippen molar-refractivity contribution in [2.45, 2.75) is 13.0 Å². The number of fused-ring (bicyclic) bond motifs is 3. The Morgan fingerprint density at radius 1 is 1.00 bits per heavy atom. The fourth-order valence-electron chi connectivity index (χ4n) is 4.50. The van der Waals surface area contributed by atoms with Crippen LogP contribution >= 0.6 is 0 Å². The van der Waals surface area contributed by atoms with Crippen LogP contribution in [0.15, 0.2) is 36.4 Å². The quantitative estimate of drug-likeness (QED) is 0.338. The highest BCUT2D eigenvalue weighted by Gasteiger charge is 2.49. The molecule has 0 fully saturated rings. The van der Waals surface area contributed by atoms with E-state index in [1.807, 2.05) is 28.8 Å². The third-order valence-electron chi connectivity index (χ3n) is 6.06. The number of methoxy groups -OCH3 is 4. The molecule has 0 radical (unpaired) electrons. The number of esters is 1. The van der Waals surface area contributed by atoms with E-state index >= 15 is 0 Å². The topological polar surface area (TPSA) is 101 Å². The lowest BCUT2D eigenvalue weighted by Crippen LogP contribution is -2.51. The van der Waals surface area contributed by atoms with Gasteiger partial charge in [0.25, 0.3) is 0 Å². The Balaban J connectivity index is 2.05. The molecule has 10 nitrogen and oxygen atoms in total. The fourth-order valence-corrected chi connectivity index (χ4v) is 4.50. The maximum Gasteiger partial charge on any atom is 0.321 e. The minimum atomic E-state index is -1.19. The van der Waals surface area contributed by atoms with Crippen molar-refractivity contribution in [2.24, 2.45) is 5.92 Å². The van der Waals surface area contributed by atoms with Crippen LogP contribution in [0.25, 0.3) is 11.0 Å². The first-order chi connectivity index (χ1) is 17.0. The summed E-state index contributed by atoms with van der Waals surface area (Å²) in [6.07, 6.45) is 0. The fraction of sp³-hybridized carbons (Fsp3) is 0.400. The van der Waals surface area contributed by atoms with Gasteiger partial charge in [-0.25, -0.2) is 4.98 Å². The summed E-state index contributed by atoms with van der Waals surface area (Å²) in [6.45, 7) is 2.34. The third-order valence-corrected chi connectivity index (χ3v) is 6.06. The molecule has 4 rings (SSSR count). The van der Waals surface area contributed by atoms with Crippen molar-refractivity contribution in [1.82, 2.24) is 9.55 Å². The predicted octanol–water partition coefficient (Wildman–Crippen LogP) is 2.82. The summed E-state index contributed by atoms with van der Waals surface area (Å²) >= 11 is 0. The summed E-state index contributed by atoms with van der Waals surface area (Å²) in [6, 6.07) is 10.1. The minimum absolute atomic E-state index is 0.133. The highest BCUT2D eigenvalue weighted by atomic mass is 16.5. The number of anilines is 1. The van der Waals surface area contributed by atoms with Gasteiger partial charge >= 0.3 is 5.97 Å². The lowest BCUT2D eigenvalue weighted by Gasteiger charge is -2.38. The van der Waals surface area contributed by atoms with Crippen LogP contribution in [0, 0.1) is 5.92 Å². The van der Waals surface area contributed by atoms with Gasteiger partial charge in [-0.05, 0) is 25.1 Å². The van der Waals surface area contributed by atoms with Gasteiger partial charge in [-0.1, -0.05) is 12.1 Å². The van der Waals surface area contributed by atoms with E-state index < -0.39 is 23.8 Å². The number of carbonyl (C=O) groups is 2. The van der Waals surface area contributed by atoms with E-state index in [9.17, 15) is 9.59 Å². The van der Waals surface area contributed by atoms with Gasteiger partial charge in [-0.3, -0.25) is 14.5 Å². The molecule has 3 aromatic rings. The molecular formula is C25H29N3O7. The molecule has 2 atom stereocenters. The molecule has 186 valence electrons. The summed E-state index contributed by atoms with van der Waals surface area (Å²) in [7, 11) is 6.12. The van der Waals surface area contributed by atoms with Crippen LogP contribution in [0.4, 0.5) is 5.95 Å². The van der Waals surface area contributed by atoms with E-state index in [1.165, 1.54) is 26.2 Å². The number of amides is 1. The van der Waals surface area contributed by atoms with Crippen molar-refractivity contribution in [3.63, 3.8) is 0 Å². The molecule has 0 aliphatic carbocycles. The third kappa shape index (κ3) is 4.14.